The molecule has 1 rings (SSSR count). The summed E-state index contributed by atoms with van der Waals surface area (Å²) in [5.41, 5.74) is -0.404. The minimum atomic E-state index is -0.941. The largest absolute Gasteiger partial charge is 0.389 e. The fourth-order valence-electron chi connectivity index (χ4n) is 1.77. The van der Waals surface area contributed by atoms with Crippen molar-refractivity contribution in [3.8, 4) is 0 Å². The van der Waals surface area contributed by atoms with Gasteiger partial charge in [0.15, 0.2) is 0 Å². The molecule has 0 heterocycles. The van der Waals surface area contributed by atoms with E-state index in [1.54, 1.807) is 19.1 Å². The van der Waals surface area contributed by atoms with Gasteiger partial charge in [-0.3, -0.25) is 0 Å². The molecule has 0 aliphatic carbocycles. The minimum absolute atomic E-state index is 0.284. The Labute approximate surface area is 117 Å². The summed E-state index contributed by atoms with van der Waals surface area (Å²) in [7, 11) is 0. The second kappa shape index (κ2) is 6.64. The van der Waals surface area contributed by atoms with Gasteiger partial charge in [0, 0.05) is 17.4 Å². The summed E-state index contributed by atoms with van der Waals surface area (Å²) in [6.07, 6.45) is 0.303. The van der Waals surface area contributed by atoms with Gasteiger partial charge in [-0.15, -0.1) is 0 Å². The number of halogens is 2. The van der Waals surface area contributed by atoms with Crippen LogP contribution in [0.25, 0.3) is 0 Å². The van der Waals surface area contributed by atoms with Gasteiger partial charge in [-0.1, -0.05) is 35.8 Å². The highest BCUT2D eigenvalue weighted by atomic mass is 79.9. The van der Waals surface area contributed by atoms with Gasteiger partial charge in [0.25, 0.3) is 0 Å². The topological polar surface area (TPSA) is 32.3 Å². The molecule has 0 spiro atoms. The van der Waals surface area contributed by atoms with Crippen LogP contribution in [0, 0.1) is 11.7 Å². The fraction of sp³-hybridized carbons (Fsp3) is 0.571. The third kappa shape index (κ3) is 5.46. The second-order valence-corrected chi connectivity index (χ2v) is 6.35. The minimum Gasteiger partial charge on any atom is -0.389 e. The van der Waals surface area contributed by atoms with Crippen LogP contribution in [-0.4, -0.2) is 23.8 Å². The average molecular weight is 318 g/mol. The van der Waals surface area contributed by atoms with Crippen LogP contribution < -0.4 is 5.32 Å². The standard InChI is InChI=1S/C14H21BrFNO/c1-10(2)8-17-9-14(3,18)7-11-4-5-12(15)6-13(11)16/h4-6,10,17-18H,7-9H2,1-3H3. The third-order valence-corrected chi connectivity index (χ3v) is 3.14. The molecule has 4 heteroatoms. The lowest BCUT2D eigenvalue weighted by atomic mass is 9.96. The van der Waals surface area contributed by atoms with Gasteiger partial charge in [-0.05, 0) is 37.1 Å². The Balaban J connectivity index is 2.58. The summed E-state index contributed by atoms with van der Waals surface area (Å²) in [5.74, 6) is 0.249. The number of rotatable bonds is 6. The first kappa shape index (κ1) is 15.6. The molecule has 0 bridgehead atoms. The highest BCUT2D eigenvalue weighted by molar-refractivity contribution is 9.10. The summed E-state index contributed by atoms with van der Waals surface area (Å²) >= 11 is 3.22. The Bertz CT molecular complexity index is 393. The van der Waals surface area contributed by atoms with Gasteiger partial charge in [-0.25, -0.2) is 4.39 Å². The Hall–Kier alpha value is -0.450. The predicted molar refractivity (Wildman–Crippen MR) is 76.1 cm³/mol. The summed E-state index contributed by atoms with van der Waals surface area (Å²) < 4.78 is 14.4. The van der Waals surface area contributed by atoms with E-state index in [9.17, 15) is 9.50 Å². The molecule has 0 aliphatic heterocycles. The molecule has 0 saturated carbocycles. The van der Waals surface area contributed by atoms with Gasteiger partial charge in [0.05, 0.1) is 5.60 Å². The Kier molecular flexibility index (Phi) is 5.76. The maximum absolute atomic E-state index is 13.7. The van der Waals surface area contributed by atoms with Crippen LogP contribution in [0.3, 0.4) is 0 Å². The lowest BCUT2D eigenvalue weighted by Gasteiger charge is -2.24. The molecule has 18 heavy (non-hydrogen) atoms. The molecule has 1 aromatic carbocycles. The summed E-state index contributed by atoms with van der Waals surface area (Å²) in [5, 5.41) is 13.4. The first-order chi connectivity index (χ1) is 8.30. The lowest BCUT2D eigenvalue weighted by molar-refractivity contribution is 0.0587. The first-order valence-electron chi connectivity index (χ1n) is 6.17. The molecular weight excluding hydrogens is 297 g/mol. The molecule has 2 N–H and O–H groups in total. The molecule has 102 valence electrons. The van der Waals surface area contributed by atoms with Crippen molar-refractivity contribution in [2.75, 3.05) is 13.1 Å². The molecule has 0 amide bonds. The molecular formula is C14H21BrFNO. The molecule has 1 aromatic rings. The van der Waals surface area contributed by atoms with E-state index in [2.05, 4.69) is 35.1 Å². The Morgan fingerprint density at radius 1 is 1.44 bits per heavy atom. The van der Waals surface area contributed by atoms with Crippen LogP contribution in [0.5, 0.6) is 0 Å². The number of nitrogens with one attached hydrogen (secondary N) is 1. The summed E-state index contributed by atoms with van der Waals surface area (Å²) in [6, 6.07) is 4.92. The highest BCUT2D eigenvalue weighted by Crippen LogP contribution is 2.19. The van der Waals surface area contributed by atoms with Crippen LogP contribution in [0.2, 0.25) is 0 Å². The molecule has 0 radical (unpaired) electrons. The van der Waals surface area contributed by atoms with Crippen molar-refractivity contribution in [3.63, 3.8) is 0 Å². The van der Waals surface area contributed by atoms with Gasteiger partial charge in [0.1, 0.15) is 5.82 Å². The van der Waals surface area contributed by atoms with Crippen molar-refractivity contribution in [2.24, 2.45) is 5.92 Å². The first-order valence-corrected chi connectivity index (χ1v) is 6.96. The van der Waals surface area contributed by atoms with Crippen LogP contribution >= 0.6 is 15.9 Å². The van der Waals surface area contributed by atoms with Gasteiger partial charge >= 0.3 is 0 Å². The van der Waals surface area contributed by atoms with Crippen molar-refractivity contribution in [1.82, 2.24) is 5.32 Å². The molecule has 0 aliphatic rings. The van der Waals surface area contributed by atoms with Crippen molar-refractivity contribution in [2.45, 2.75) is 32.8 Å². The monoisotopic (exact) mass is 317 g/mol. The van der Waals surface area contributed by atoms with Crippen molar-refractivity contribution in [3.05, 3.63) is 34.1 Å². The Morgan fingerprint density at radius 2 is 2.11 bits per heavy atom. The summed E-state index contributed by atoms with van der Waals surface area (Å²) in [6.45, 7) is 7.24. The van der Waals surface area contributed by atoms with E-state index in [0.717, 1.165) is 6.54 Å². The summed E-state index contributed by atoms with van der Waals surface area (Å²) in [4.78, 5) is 0. The van der Waals surface area contributed by atoms with E-state index in [0.29, 0.717) is 28.9 Å². The quantitative estimate of drug-likeness (QED) is 0.845. The van der Waals surface area contributed by atoms with E-state index in [-0.39, 0.29) is 5.82 Å². The second-order valence-electron chi connectivity index (χ2n) is 5.43. The predicted octanol–water partition coefficient (Wildman–Crippen LogP) is 3.13. The maximum Gasteiger partial charge on any atom is 0.127 e. The average Bonchev–Trinajstić information content (AvgIpc) is 2.21. The van der Waals surface area contributed by atoms with Crippen molar-refractivity contribution < 1.29 is 9.50 Å². The number of aliphatic hydroxyl groups is 1. The zero-order valence-electron chi connectivity index (χ0n) is 11.1. The number of benzene rings is 1. The van der Waals surface area contributed by atoms with Crippen LogP contribution in [-0.2, 0) is 6.42 Å². The van der Waals surface area contributed by atoms with E-state index in [1.165, 1.54) is 6.07 Å². The lowest BCUT2D eigenvalue weighted by Crippen LogP contribution is -2.41. The van der Waals surface area contributed by atoms with E-state index in [4.69, 9.17) is 0 Å². The van der Waals surface area contributed by atoms with Crippen LogP contribution in [0.1, 0.15) is 26.3 Å². The smallest absolute Gasteiger partial charge is 0.127 e. The fourth-order valence-corrected chi connectivity index (χ4v) is 2.10. The molecule has 2 nitrogen and oxygen atoms in total. The van der Waals surface area contributed by atoms with Gasteiger partial charge < -0.3 is 10.4 Å². The number of hydrogen-bond donors (Lipinski definition) is 2. The molecule has 0 aromatic heterocycles. The normalized spacial score (nSPS) is 14.8. The SMILES string of the molecule is CC(C)CNCC(C)(O)Cc1ccc(Br)cc1F. The van der Waals surface area contributed by atoms with Crippen molar-refractivity contribution in [1.29, 1.82) is 0 Å². The zero-order chi connectivity index (χ0) is 13.8. The molecule has 0 saturated heterocycles. The van der Waals surface area contributed by atoms with E-state index < -0.39 is 5.60 Å². The third-order valence-electron chi connectivity index (χ3n) is 2.64. The Morgan fingerprint density at radius 3 is 2.67 bits per heavy atom. The van der Waals surface area contributed by atoms with Crippen LogP contribution in [0.15, 0.2) is 22.7 Å². The van der Waals surface area contributed by atoms with E-state index in [1.807, 2.05) is 0 Å². The number of hydrogen-bond acceptors (Lipinski definition) is 2. The van der Waals surface area contributed by atoms with Crippen LogP contribution in [0.4, 0.5) is 4.39 Å². The van der Waals surface area contributed by atoms with Gasteiger partial charge in [0.2, 0.25) is 0 Å². The molecule has 0 fully saturated rings. The van der Waals surface area contributed by atoms with Crippen molar-refractivity contribution >= 4 is 15.9 Å². The molecule has 1 unspecified atom stereocenters. The zero-order valence-corrected chi connectivity index (χ0v) is 12.7. The molecule has 1 atom stereocenters. The highest BCUT2D eigenvalue weighted by Gasteiger charge is 2.22. The van der Waals surface area contributed by atoms with Gasteiger partial charge in [-0.2, -0.15) is 0 Å². The van der Waals surface area contributed by atoms with E-state index >= 15 is 0 Å². The maximum atomic E-state index is 13.7.